The normalized spacial score (nSPS) is 17.7. The van der Waals surface area contributed by atoms with E-state index in [1.54, 1.807) is 6.26 Å². The third kappa shape index (κ3) is 3.90. The van der Waals surface area contributed by atoms with E-state index in [1.165, 1.54) is 11.1 Å². The quantitative estimate of drug-likeness (QED) is 0.689. The Kier molecular flexibility index (Phi) is 5.13. The molecule has 0 bridgehead atoms. The molecule has 0 radical (unpaired) electrons. The zero-order valence-electron chi connectivity index (χ0n) is 16.9. The number of pyridine rings is 1. The van der Waals surface area contributed by atoms with Crippen LogP contribution in [0.5, 0.6) is 0 Å². The summed E-state index contributed by atoms with van der Waals surface area (Å²) in [4.78, 5) is 19.3. The lowest BCUT2D eigenvalue weighted by Crippen LogP contribution is -2.38. The van der Waals surface area contributed by atoms with E-state index >= 15 is 0 Å². The standard InChI is InChI=1S/C24H26N4O2/c29-24(27-21-6-3-7-22-20(21)11-13-30-22)26-15-17-8-9-23(25-14-17)28-12-10-18-4-1-2-5-19(18)16-28/h1-2,4-5,8-9,11,13-14,21H,3,6-7,10,12,15-16H2,(H2,26,27,29). The Morgan fingerprint density at radius 1 is 1.13 bits per heavy atom. The number of rotatable bonds is 4. The highest BCUT2D eigenvalue weighted by Gasteiger charge is 2.24. The van der Waals surface area contributed by atoms with Crippen LogP contribution < -0.4 is 15.5 Å². The Hall–Kier alpha value is -3.28. The molecule has 0 spiro atoms. The van der Waals surface area contributed by atoms with E-state index in [0.717, 1.165) is 61.5 Å². The molecule has 2 N–H and O–H groups in total. The third-order valence-electron chi connectivity index (χ3n) is 6.07. The van der Waals surface area contributed by atoms with Crippen molar-refractivity contribution in [3.63, 3.8) is 0 Å². The summed E-state index contributed by atoms with van der Waals surface area (Å²) in [6.07, 6.45) is 7.51. The van der Waals surface area contributed by atoms with Crippen LogP contribution in [0.4, 0.5) is 10.6 Å². The van der Waals surface area contributed by atoms with E-state index in [0.29, 0.717) is 6.54 Å². The molecule has 1 atom stereocenters. The number of aryl methyl sites for hydroxylation is 1. The van der Waals surface area contributed by atoms with Gasteiger partial charge < -0.3 is 20.0 Å². The van der Waals surface area contributed by atoms with Crippen molar-refractivity contribution in [3.05, 3.63) is 82.9 Å². The first-order valence-corrected chi connectivity index (χ1v) is 10.6. The van der Waals surface area contributed by atoms with Crippen LogP contribution in [0.1, 0.15) is 46.9 Å². The number of carbonyl (C=O) groups excluding carboxylic acids is 1. The van der Waals surface area contributed by atoms with Gasteiger partial charge in [0, 0.05) is 37.8 Å². The molecule has 2 amide bonds. The minimum absolute atomic E-state index is 0.0231. The molecule has 1 unspecified atom stereocenters. The van der Waals surface area contributed by atoms with E-state index in [1.807, 2.05) is 24.4 Å². The molecule has 0 saturated heterocycles. The van der Waals surface area contributed by atoms with Gasteiger partial charge in [0.15, 0.2) is 0 Å². The Bertz CT molecular complexity index is 1030. The second kappa shape index (κ2) is 8.22. The maximum Gasteiger partial charge on any atom is 0.315 e. The lowest BCUT2D eigenvalue weighted by molar-refractivity contribution is 0.234. The summed E-state index contributed by atoms with van der Waals surface area (Å²) in [6, 6.07) is 14.5. The summed E-state index contributed by atoms with van der Waals surface area (Å²) in [5.74, 6) is 1.97. The Morgan fingerprint density at radius 2 is 2.03 bits per heavy atom. The summed E-state index contributed by atoms with van der Waals surface area (Å²) in [5.41, 5.74) is 4.89. The van der Waals surface area contributed by atoms with Gasteiger partial charge in [-0.1, -0.05) is 30.3 Å². The van der Waals surface area contributed by atoms with Crippen molar-refractivity contribution in [1.82, 2.24) is 15.6 Å². The van der Waals surface area contributed by atoms with Crippen molar-refractivity contribution in [1.29, 1.82) is 0 Å². The Morgan fingerprint density at radius 3 is 2.90 bits per heavy atom. The second-order valence-corrected chi connectivity index (χ2v) is 8.04. The van der Waals surface area contributed by atoms with Gasteiger partial charge in [0.25, 0.3) is 0 Å². The highest BCUT2D eigenvalue weighted by molar-refractivity contribution is 5.74. The molecular weight excluding hydrogens is 376 g/mol. The highest BCUT2D eigenvalue weighted by atomic mass is 16.3. The predicted molar refractivity (Wildman–Crippen MR) is 115 cm³/mol. The van der Waals surface area contributed by atoms with Crippen molar-refractivity contribution in [2.24, 2.45) is 0 Å². The van der Waals surface area contributed by atoms with E-state index < -0.39 is 0 Å². The first kappa shape index (κ1) is 18.7. The van der Waals surface area contributed by atoms with Gasteiger partial charge >= 0.3 is 6.03 Å². The number of carbonyl (C=O) groups is 1. The van der Waals surface area contributed by atoms with Crippen LogP contribution in [0, 0.1) is 0 Å². The van der Waals surface area contributed by atoms with E-state index in [-0.39, 0.29) is 12.1 Å². The Labute approximate surface area is 176 Å². The molecule has 0 fully saturated rings. The average Bonchev–Trinajstić information content (AvgIpc) is 3.28. The molecular formula is C24H26N4O2. The lowest BCUT2D eigenvalue weighted by Gasteiger charge is -2.29. The van der Waals surface area contributed by atoms with Crippen molar-refractivity contribution < 1.29 is 9.21 Å². The number of benzene rings is 1. The predicted octanol–water partition coefficient (Wildman–Crippen LogP) is 4.11. The summed E-state index contributed by atoms with van der Waals surface area (Å²) >= 11 is 0. The van der Waals surface area contributed by atoms with E-state index in [2.05, 4.69) is 44.8 Å². The molecule has 0 saturated carbocycles. The fourth-order valence-corrected chi connectivity index (χ4v) is 4.43. The zero-order valence-corrected chi connectivity index (χ0v) is 16.9. The number of hydrogen-bond donors (Lipinski definition) is 2. The minimum atomic E-state index is -0.161. The number of nitrogens with zero attached hydrogens (tertiary/aromatic N) is 2. The molecule has 1 aliphatic carbocycles. The lowest BCUT2D eigenvalue weighted by atomic mass is 9.93. The summed E-state index contributed by atoms with van der Waals surface area (Å²) in [5, 5.41) is 6.01. The third-order valence-corrected chi connectivity index (χ3v) is 6.07. The minimum Gasteiger partial charge on any atom is -0.469 e. The smallest absolute Gasteiger partial charge is 0.315 e. The van der Waals surface area contributed by atoms with Crippen LogP contribution in [0.2, 0.25) is 0 Å². The maximum atomic E-state index is 12.4. The van der Waals surface area contributed by atoms with Crippen LogP contribution in [0.15, 0.2) is 59.3 Å². The molecule has 3 heterocycles. The Balaban J connectivity index is 1.15. The van der Waals surface area contributed by atoms with Gasteiger partial charge in [0.1, 0.15) is 11.6 Å². The van der Waals surface area contributed by atoms with Crippen LogP contribution >= 0.6 is 0 Å². The number of fused-ring (bicyclic) bond motifs is 2. The SMILES string of the molecule is O=C(NCc1ccc(N2CCc3ccccc3C2)nc1)NC1CCCc2occc21. The van der Waals surface area contributed by atoms with Gasteiger partial charge in [-0.15, -0.1) is 0 Å². The molecule has 6 heteroatoms. The molecule has 2 aliphatic rings. The summed E-state index contributed by atoms with van der Waals surface area (Å²) in [6.45, 7) is 2.31. The first-order valence-electron chi connectivity index (χ1n) is 10.6. The van der Waals surface area contributed by atoms with Crippen molar-refractivity contribution in [2.45, 2.75) is 44.8 Å². The maximum absolute atomic E-state index is 12.4. The average molecular weight is 402 g/mol. The highest BCUT2D eigenvalue weighted by Crippen LogP contribution is 2.30. The van der Waals surface area contributed by atoms with Gasteiger partial charge in [-0.3, -0.25) is 0 Å². The molecule has 2 aromatic heterocycles. The molecule has 5 rings (SSSR count). The van der Waals surface area contributed by atoms with Crippen molar-refractivity contribution in [3.8, 4) is 0 Å². The molecule has 6 nitrogen and oxygen atoms in total. The van der Waals surface area contributed by atoms with Gasteiger partial charge in [-0.05, 0) is 48.1 Å². The molecule has 3 aromatic rings. The number of anilines is 1. The van der Waals surface area contributed by atoms with Gasteiger partial charge in [-0.25, -0.2) is 9.78 Å². The van der Waals surface area contributed by atoms with Crippen LogP contribution in [0.25, 0.3) is 0 Å². The van der Waals surface area contributed by atoms with E-state index in [9.17, 15) is 4.79 Å². The molecule has 1 aliphatic heterocycles. The summed E-state index contributed by atoms with van der Waals surface area (Å²) in [7, 11) is 0. The first-order chi connectivity index (χ1) is 14.8. The number of aromatic nitrogens is 1. The van der Waals surface area contributed by atoms with Crippen molar-refractivity contribution in [2.75, 3.05) is 11.4 Å². The van der Waals surface area contributed by atoms with Crippen LogP contribution in [0.3, 0.4) is 0 Å². The monoisotopic (exact) mass is 402 g/mol. The zero-order chi connectivity index (χ0) is 20.3. The van der Waals surface area contributed by atoms with Gasteiger partial charge in [-0.2, -0.15) is 0 Å². The number of urea groups is 1. The molecule has 1 aromatic carbocycles. The molecule has 30 heavy (non-hydrogen) atoms. The fourth-order valence-electron chi connectivity index (χ4n) is 4.43. The van der Waals surface area contributed by atoms with Gasteiger partial charge in [0.05, 0.1) is 12.3 Å². The largest absolute Gasteiger partial charge is 0.469 e. The van der Waals surface area contributed by atoms with E-state index in [4.69, 9.17) is 4.42 Å². The van der Waals surface area contributed by atoms with Crippen LogP contribution in [-0.4, -0.2) is 17.6 Å². The van der Waals surface area contributed by atoms with Crippen molar-refractivity contribution >= 4 is 11.8 Å². The topological polar surface area (TPSA) is 70.4 Å². The number of amides is 2. The number of hydrogen-bond acceptors (Lipinski definition) is 4. The number of furan rings is 1. The van der Waals surface area contributed by atoms with Gasteiger partial charge in [0.2, 0.25) is 0 Å². The molecule has 154 valence electrons. The summed E-state index contributed by atoms with van der Waals surface area (Å²) < 4.78 is 5.49. The fraction of sp³-hybridized carbons (Fsp3) is 0.333. The van der Waals surface area contributed by atoms with Crippen LogP contribution in [-0.2, 0) is 25.9 Å². The second-order valence-electron chi connectivity index (χ2n) is 8.04. The number of nitrogens with one attached hydrogen (secondary N) is 2.